The third-order valence-electron chi connectivity index (χ3n) is 4.17. The lowest BCUT2D eigenvalue weighted by Crippen LogP contribution is -2.52. The Bertz CT molecular complexity index is 315. The number of ether oxygens (including phenoxy) is 1. The number of nitrogens with zero attached hydrogens (tertiary/aromatic N) is 1. The zero-order valence-electron chi connectivity index (χ0n) is 14.0. The summed E-state index contributed by atoms with van der Waals surface area (Å²) in [6.07, 6.45) is 4.16. The van der Waals surface area contributed by atoms with Gasteiger partial charge in [-0.05, 0) is 59.9 Å². The Morgan fingerprint density at radius 3 is 2.52 bits per heavy atom. The molecule has 0 aromatic heterocycles. The van der Waals surface area contributed by atoms with Crippen molar-refractivity contribution in [2.45, 2.75) is 71.1 Å². The Labute approximate surface area is 129 Å². The number of hydrogen-bond donors (Lipinski definition) is 2. The lowest BCUT2D eigenvalue weighted by Gasteiger charge is -2.33. The van der Waals surface area contributed by atoms with Crippen LogP contribution in [0.4, 0.5) is 0 Å². The number of rotatable bonds is 9. The van der Waals surface area contributed by atoms with Gasteiger partial charge in [0.1, 0.15) is 5.54 Å². The highest BCUT2D eigenvalue weighted by atomic mass is 16.5. The molecule has 1 atom stereocenters. The van der Waals surface area contributed by atoms with Gasteiger partial charge in [0.05, 0.1) is 6.10 Å². The van der Waals surface area contributed by atoms with Crippen LogP contribution in [0.15, 0.2) is 0 Å². The maximum atomic E-state index is 11.5. The first kappa shape index (κ1) is 18.4. The van der Waals surface area contributed by atoms with Crippen LogP contribution in [0.5, 0.6) is 0 Å². The van der Waals surface area contributed by atoms with Crippen molar-refractivity contribution in [1.29, 1.82) is 0 Å². The molecular formula is C16H32N2O3. The minimum Gasteiger partial charge on any atom is -0.480 e. The maximum absolute atomic E-state index is 11.5. The van der Waals surface area contributed by atoms with Gasteiger partial charge in [0.25, 0.3) is 0 Å². The largest absolute Gasteiger partial charge is 0.480 e. The zero-order chi connectivity index (χ0) is 15.9. The normalized spacial score (nSPS) is 20.6. The van der Waals surface area contributed by atoms with Gasteiger partial charge in [-0.3, -0.25) is 10.1 Å². The molecule has 0 aliphatic carbocycles. The lowest BCUT2D eigenvalue weighted by molar-refractivity contribution is -0.144. The molecule has 5 nitrogen and oxygen atoms in total. The average molecular weight is 300 g/mol. The molecule has 0 saturated carbocycles. The van der Waals surface area contributed by atoms with Gasteiger partial charge in [-0.2, -0.15) is 0 Å². The monoisotopic (exact) mass is 300 g/mol. The molecule has 2 N–H and O–H groups in total. The van der Waals surface area contributed by atoms with Gasteiger partial charge in [-0.1, -0.05) is 0 Å². The summed E-state index contributed by atoms with van der Waals surface area (Å²) < 4.78 is 5.65. The van der Waals surface area contributed by atoms with Gasteiger partial charge in [-0.25, -0.2) is 0 Å². The summed E-state index contributed by atoms with van der Waals surface area (Å²) in [5.41, 5.74) is -0.822. The SMILES string of the molecule is CCOC1CCN(CCCC(C)(NC(C)C)C(=O)O)CC1. The van der Waals surface area contributed by atoms with Crippen molar-refractivity contribution in [2.24, 2.45) is 0 Å². The molecule has 21 heavy (non-hydrogen) atoms. The Morgan fingerprint density at radius 1 is 1.43 bits per heavy atom. The summed E-state index contributed by atoms with van der Waals surface area (Å²) in [4.78, 5) is 13.9. The number of carboxylic acid groups (broad SMARTS) is 1. The predicted molar refractivity (Wildman–Crippen MR) is 84.6 cm³/mol. The second kappa shape index (κ2) is 8.71. The number of carbonyl (C=O) groups is 1. The van der Waals surface area contributed by atoms with Gasteiger partial charge in [0, 0.05) is 25.7 Å². The molecule has 0 bridgehead atoms. The Hall–Kier alpha value is -0.650. The third kappa shape index (κ3) is 6.32. The van der Waals surface area contributed by atoms with Crippen molar-refractivity contribution in [3.8, 4) is 0 Å². The second-order valence-electron chi connectivity index (χ2n) is 6.54. The molecule has 1 saturated heterocycles. The molecule has 1 unspecified atom stereocenters. The Kier molecular flexibility index (Phi) is 7.63. The standard InChI is InChI=1S/C16H32N2O3/c1-5-21-14-7-11-18(12-8-14)10-6-9-16(4,15(19)20)17-13(2)3/h13-14,17H,5-12H2,1-4H3,(H,19,20). The van der Waals surface area contributed by atoms with Crippen LogP contribution in [-0.4, -0.2) is 59.9 Å². The topological polar surface area (TPSA) is 61.8 Å². The molecule has 124 valence electrons. The molecule has 0 amide bonds. The van der Waals surface area contributed by atoms with Crippen LogP contribution in [0.3, 0.4) is 0 Å². The molecule has 1 heterocycles. The third-order valence-corrected chi connectivity index (χ3v) is 4.17. The first-order valence-electron chi connectivity index (χ1n) is 8.22. The van der Waals surface area contributed by atoms with Crippen molar-refractivity contribution in [3.05, 3.63) is 0 Å². The van der Waals surface area contributed by atoms with E-state index in [4.69, 9.17) is 4.74 Å². The van der Waals surface area contributed by atoms with Gasteiger partial charge in [0.15, 0.2) is 0 Å². The summed E-state index contributed by atoms with van der Waals surface area (Å²) in [7, 11) is 0. The molecule has 0 aromatic rings. The summed E-state index contributed by atoms with van der Waals surface area (Å²) in [5.74, 6) is -0.758. The van der Waals surface area contributed by atoms with E-state index in [1.807, 2.05) is 20.8 Å². The highest BCUT2D eigenvalue weighted by molar-refractivity contribution is 5.78. The van der Waals surface area contributed by atoms with Crippen molar-refractivity contribution in [1.82, 2.24) is 10.2 Å². The number of likely N-dealkylation sites (tertiary alicyclic amines) is 1. The van der Waals surface area contributed by atoms with E-state index in [1.165, 1.54) is 0 Å². The minimum atomic E-state index is -0.822. The van der Waals surface area contributed by atoms with Crippen molar-refractivity contribution < 1.29 is 14.6 Å². The highest BCUT2D eigenvalue weighted by Crippen LogP contribution is 2.17. The van der Waals surface area contributed by atoms with E-state index in [9.17, 15) is 9.90 Å². The average Bonchev–Trinajstić information content (AvgIpc) is 2.40. The fourth-order valence-corrected chi connectivity index (χ4v) is 3.07. The van der Waals surface area contributed by atoms with Crippen LogP contribution in [-0.2, 0) is 9.53 Å². The lowest BCUT2D eigenvalue weighted by atomic mass is 9.94. The van der Waals surface area contributed by atoms with Crippen LogP contribution in [0.25, 0.3) is 0 Å². The molecule has 1 aliphatic heterocycles. The van der Waals surface area contributed by atoms with Crippen LogP contribution >= 0.6 is 0 Å². The first-order valence-corrected chi connectivity index (χ1v) is 8.22. The van der Waals surface area contributed by atoms with Crippen LogP contribution in [0.1, 0.15) is 53.4 Å². The molecule has 1 fully saturated rings. The summed E-state index contributed by atoms with van der Waals surface area (Å²) in [6.45, 7) is 11.7. The predicted octanol–water partition coefficient (Wildman–Crippen LogP) is 2.11. The van der Waals surface area contributed by atoms with Crippen LogP contribution in [0, 0.1) is 0 Å². The second-order valence-corrected chi connectivity index (χ2v) is 6.54. The number of aliphatic carboxylic acids is 1. The maximum Gasteiger partial charge on any atom is 0.323 e. The van der Waals surface area contributed by atoms with E-state index < -0.39 is 11.5 Å². The van der Waals surface area contributed by atoms with Crippen molar-refractivity contribution in [2.75, 3.05) is 26.2 Å². The number of hydrogen-bond acceptors (Lipinski definition) is 4. The Morgan fingerprint density at radius 2 is 2.05 bits per heavy atom. The van der Waals surface area contributed by atoms with E-state index in [2.05, 4.69) is 10.2 Å². The molecule has 1 rings (SSSR count). The fraction of sp³-hybridized carbons (Fsp3) is 0.938. The molecule has 1 aliphatic rings. The summed E-state index contributed by atoms with van der Waals surface area (Å²) in [5, 5.41) is 12.6. The van der Waals surface area contributed by atoms with E-state index in [-0.39, 0.29) is 6.04 Å². The van der Waals surface area contributed by atoms with Crippen LogP contribution < -0.4 is 5.32 Å². The van der Waals surface area contributed by atoms with Gasteiger partial charge in [-0.15, -0.1) is 0 Å². The molecule has 0 aromatic carbocycles. The summed E-state index contributed by atoms with van der Waals surface area (Å²) in [6, 6.07) is 0.174. The van der Waals surface area contributed by atoms with E-state index in [0.29, 0.717) is 12.5 Å². The summed E-state index contributed by atoms with van der Waals surface area (Å²) >= 11 is 0. The van der Waals surface area contributed by atoms with Crippen LogP contribution in [0.2, 0.25) is 0 Å². The number of piperidine rings is 1. The van der Waals surface area contributed by atoms with Gasteiger partial charge < -0.3 is 14.7 Å². The molecular weight excluding hydrogens is 268 g/mol. The fourth-order valence-electron chi connectivity index (χ4n) is 3.07. The smallest absolute Gasteiger partial charge is 0.323 e. The number of nitrogens with one attached hydrogen (secondary N) is 1. The first-order chi connectivity index (χ1) is 9.87. The molecule has 0 radical (unpaired) electrons. The minimum absolute atomic E-state index is 0.174. The molecule has 0 spiro atoms. The van der Waals surface area contributed by atoms with E-state index >= 15 is 0 Å². The van der Waals surface area contributed by atoms with Gasteiger partial charge in [0.2, 0.25) is 0 Å². The zero-order valence-corrected chi connectivity index (χ0v) is 14.0. The van der Waals surface area contributed by atoms with Gasteiger partial charge >= 0.3 is 5.97 Å². The van der Waals surface area contributed by atoms with Crippen molar-refractivity contribution >= 4 is 5.97 Å². The quantitative estimate of drug-likeness (QED) is 0.683. The number of carboxylic acids is 1. The molecule has 5 heteroatoms. The highest BCUT2D eigenvalue weighted by Gasteiger charge is 2.33. The van der Waals surface area contributed by atoms with Crippen molar-refractivity contribution in [3.63, 3.8) is 0 Å². The van der Waals surface area contributed by atoms with E-state index in [0.717, 1.165) is 45.5 Å². The van der Waals surface area contributed by atoms with E-state index in [1.54, 1.807) is 6.92 Å². The Balaban J connectivity index is 2.30.